The molecule has 0 atom stereocenters. The number of nitriles is 1. The van der Waals surface area contributed by atoms with Crippen molar-refractivity contribution >= 4 is 30.2 Å². The molecule has 14 heavy (non-hydrogen) atoms. The standard InChI is InChI=1S/C9H6ClNO2S/c10-3-5-1-2-6(4-11)8(14)7(5)9(12)13/h1-2,14H,3H2,(H,12,13). The molecular formula is C9H6ClNO2S. The number of hydrogen-bond acceptors (Lipinski definition) is 3. The van der Waals surface area contributed by atoms with Gasteiger partial charge in [0.25, 0.3) is 0 Å². The number of benzene rings is 1. The molecule has 0 saturated heterocycles. The Morgan fingerprint density at radius 1 is 1.64 bits per heavy atom. The number of alkyl halides is 1. The first-order chi connectivity index (χ1) is 6.61. The zero-order valence-electron chi connectivity index (χ0n) is 6.99. The van der Waals surface area contributed by atoms with Crippen LogP contribution < -0.4 is 0 Å². The van der Waals surface area contributed by atoms with E-state index in [9.17, 15) is 4.79 Å². The van der Waals surface area contributed by atoms with E-state index in [1.165, 1.54) is 12.1 Å². The summed E-state index contributed by atoms with van der Waals surface area (Å²) in [6.45, 7) is 0. The van der Waals surface area contributed by atoms with Gasteiger partial charge in [-0.05, 0) is 11.6 Å². The lowest BCUT2D eigenvalue weighted by Crippen LogP contribution is -2.04. The van der Waals surface area contributed by atoms with Crippen LogP contribution in [0, 0.1) is 11.3 Å². The van der Waals surface area contributed by atoms with Gasteiger partial charge < -0.3 is 5.11 Å². The minimum atomic E-state index is -1.12. The first-order valence-corrected chi connectivity index (χ1v) is 4.64. The summed E-state index contributed by atoms with van der Waals surface area (Å²) in [5.74, 6) is -1.04. The molecule has 0 aliphatic heterocycles. The van der Waals surface area contributed by atoms with Crippen LogP contribution in [0.4, 0.5) is 0 Å². The summed E-state index contributed by atoms with van der Waals surface area (Å²) in [5, 5.41) is 17.5. The number of carboxylic acids is 1. The molecule has 0 unspecified atom stereocenters. The van der Waals surface area contributed by atoms with Crippen molar-refractivity contribution in [1.82, 2.24) is 0 Å². The summed E-state index contributed by atoms with van der Waals surface area (Å²) in [5.41, 5.74) is 0.699. The normalized spacial score (nSPS) is 9.50. The topological polar surface area (TPSA) is 61.1 Å². The monoisotopic (exact) mass is 227 g/mol. The van der Waals surface area contributed by atoms with Crippen molar-refractivity contribution in [1.29, 1.82) is 5.26 Å². The highest BCUT2D eigenvalue weighted by Crippen LogP contribution is 2.23. The van der Waals surface area contributed by atoms with Gasteiger partial charge >= 0.3 is 5.97 Å². The highest BCUT2D eigenvalue weighted by atomic mass is 35.5. The molecule has 1 rings (SSSR count). The maximum atomic E-state index is 10.9. The molecule has 0 aliphatic carbocycles. The van der Waals surface area contributed by atoms with Gasteiger partial charge in [-0.15, -0.1) is 24.2 Å². The largest absolute Gasteiger partial charge is 0.478 e. The van der Waals surface area contributed by atoms with Crippen molar-refractivity contribution < 1.29 is 9.90 Å². The number of rotatable bonds is 2. The fraction of sp³-hybridized carbons (Fsp3) is 0.111. The number of thiol groups is 1. The summed E-state index contributed by atoms with van der Waals surface area (Å²) < 4.78 is 0. The summed E-state index contributed by atoms with van der Waals surface area (Å²) in [6, 6.07) is 4.89. The van der Waals surface area contributed by atoms with E-state index in [2.05, 4.69) is 12.6 Å². The van der Waals surface area contributed by atoms with Crippen LogP contribution in [0.15, 0.2) is 17.0 Å². The van der Waals surface area contributed by atoms with Crippen LogP contribution >= 0.6 is 24.2 Å². The second-order valence-electron chi connectivity index (χ2n) is 2.55. The Bertz CT molecular complexity index is 426. The SMILES string of the molecule is N#Cc1ccc(CCl)c(C(=O)O)c1S. The van der Waals surface area contributed by atoms with Gasteiger partial charge in [0.2, 0.25) is 0 Å². The smallest absolute Gasteiger partial charge is 0.337 e. The maximum absolute atomic E-state index is 10.9. The summed E-state index contributed by atoms with van der Waals surface area (Å²) >= 11 is 9.56. The fourth-order valence-electron chi connectivity index (χ4n) is 1.07. The number of aromatic carboxylic acids is 1. The maximum Gasteiger partial charge on any atom is 0.337 e. The van der Waals surface area contributed by atoms with Gasteiger partial charge in [-0.25, -0.2) is 4.79 Å². The van der Waals surface area contributed by atoms with Gasteiger partial charge in [0.15, 0.2) is 0 Å². The first-order valence-electron chi connectivity index (χ1n) is 3.66. The first kappa shape index (κ1) is 10.9. The predicted molar refractivity (Wildman–Crippen MR) is 54.9 cm³/mol. The van der Waals surface area contributed by atoms with E-state index in [1.54, 1.807) is 0 Å². The second kappa shape index (κ2) is 4.36. The zero-order valence-corrected chi connectivity index (χ0v) is 8.64. The molecule has 0 heterocycles. The molecule has 0 radical (unpaired) electrons. The van der Waals surface area contributed by atoms with E-state index in [1.807, 2.05) is 6.07 Å². The van der Waals surface area contributed by atoms with Crippen LogP contribution in [-0.4, -0.2) is 11.1 Å². The average Bonchev–Trinajstić information content (AvgIpc) is 2.16. The van der Waals surface area contributed by atoms with Crippen LogP contribution in [0.3, 0.4) is 0 Å². The summed E-state index contributed by atoms with van der Waals surface area (Å²) in [4.78, 5) is 11.0. The summed E-state index contributed by atoms with van der Waals surface area (Å²) in [6.07, 6.45) is 0. The van der Waals surface area contributed by atoms with E-state index in [-0.39, 0.29) is 21.9 Å². The highest BCUT2D eigenvalue weighted by Gasteiger charge is 2.15. The molecule has 1 N–H and O–H groups in total. The van der Waals surface area contributed by atoms with Crippen LogP contribution in [0.1, 0.15) is 21.5 Å². The van der Waals surface area contributed by atoms with Crippen LogP contribution in [-0.2, 0) is 5.88 Å². The van der Waals surface area contributed by atoms with Crippen molar-refractivity contribution in [3.63, 3.8) is 0 Å². The highest BCUT2D eigenvalue weighted by molar-refractivity contribution is 7.80. The van der Waals surface area contributed by atoms with E-state index >= 15 is 0 Å². The van der Waals surface area contributed by atoms with Gasteiger partial charge in [-0.3, -0.25) is 0 Å². The molecule has 5 heteroatoms. The Morgan fingerprint density at radius 2 is 2.29 bits per heavy atom. The van der Waals surface area contributed by atoms with Crippen molar-refractivity contribution in [3.05, 3.63) is 28.8 Å². The fourth-order valence-corrected chi connectivity index (χ4v) is 1.66. The number of nitrogens with zero attached hydrogens (tertiary/aromatic N) is 1. The summed E-state index contributed by atoms with van der Waals surface area (Å²) in [7, 11) is 0. The molecule has 0 bridgehead atoms. The van der Waals surface area contributed by atoms with Gasteiger partial charge in [0, 0.05) is 10.8 Å². The number of carboxylic acid groups (broad SMARTS) is 1. The van der Waals surface area contributed by atoms with E-state index in [4.69, 9.17) is 22.0 Å². The molecule has 0 saturated carbocycles. The predicted octanol–water partition coefficient (Wildman–Crippen LogP) is 2.28. The molecule has 0 spiro atoms. The van der Waals surface area contributed by atoms with Crippen LogP contribution in [0.25, 0.3) is 0 Å². The van der Waals surface area contributed by atoms with Crippen molar-refractivity contribution in [2.75, 3.05) is 0 Å². The minimum absolute atomic E-state index is 0.00221. The third-order valence-corrected chi connectivity index (χ3v) is 2.49. The average molecular weight is 228 g/mol. The molecule has 1 aromatic rings. The van der Waals surface area contributed by atoms with E-state index < -0.39 is 5.97 Å². The van der Waals surface area contributed by atoms with Crippen molar-refractivity contribution in [3.8, 4) is 6.07 Å². The Kier molecular flexibility index (Phi) is 3.39. The van der Waals surface area contributed by atoms with Crippen LogP contribution in [0.2, 0.25) is 0 Å². The van der Waals surface area contributed by atoms with Gasteiger partial charge in [-0.2, -0.15) is 5.26 Å². The molecular weight excluding hydrogens is 222 g/mol. The lowest BCUT2D eigenvalue weighted by molar-refractivity contribution is 0.0692. The Morgan fingerprint density at radius 3 is 2.71 bits per heavy atom. The number of halogens is 1. The third kappa shape index (κ3) is 1.84. The second-order valence-corrected chi connectivity index (χ2v) is 3.26. The Labute approximate surface area is 91.3 Å². The zero-order chi connectivity index (χ0) is 10.7. The Hall–Kier alpha value is -1.18. The number of hydrogen-bond donors (Lipinski definition) is 2. The Balaban J connectivity index is 3.49. The van der Waals surface area contributed by atoms with Gasteiger partial charge in [0.1, 0.15) is 6.07 Å². The molecule has 1 aromatic carbocycles. The lowest BCUT2D eigenvalue weighted by atomic mass is 10.1. The molecule has 0 amide bonds. The van der Waals surface area contributed by atoms with Crippen molar-refractivity contribution in [2.24, 2.45) is 0 Å². The lowest BCUT2D eigenvalue weighted by Gasteiger charge is -2.06. The molecule has 0 aromatic heterocycles. The molecule has 3 nitrogen and oxygen atoms in total. The molecule has 0 fully saturated rings. The van der Waals surface area contributed by atoms with E-state index in [0.29, 0.717) is 5.56 Å². The van der Waals surface area contributed by atoms with E-state index in [0.717, 1.165) is 0 Å². The minimum Gasteiger partial charge on any atom is -0.478 e. The molecule has 72 valence electrons. The van der Waals surface area contributed by atoms with Gasteiger partial charge in [0.05, 0.1) is 11.1 Å². The third-order valence-electron chi connectivity index (χ3n) is 1.74. The molecule has 0 aliphatic rings. The number of carbonyl (C=O) groups is 1. The van der Waals surface area contributed by atoms with Crippen molar-refractivity contribution in [2.45, 2.75) is 10.8 Å². The van der Waals surface area contributed by atoms with Gasteiger partial charge in [-0.1, -0.05) is 6.07 Å². The van der Waals surface area contributed by atoms with Crippen LogP contribution in [0.5, 0.6) is 0 Å². The quantitative estimate of drug-likeness (QED) is 0.602.